The number of nitrogen functional groups attached to an aromatic ring is 1. The summed E-state index contributed by atoms with van der Waals surface area (Å²) < 4.78 is 5.29. The molecule has 0 bridgehead atoms. The van der Waals surface area contributed by atoms with Crippen LogP contribution in [0.25, 0.3) is 0 Å². The maximum Gasteiger partial charge on any atom is 0.323 e. The Labute approximate surface area is 116 Å². The van der Waals surface area contributed by atoms with E-state index in [4.69, 9.17) is 10.6 Å². The molecular formula is C11H19N7O2. The summed E-state index contributed by atoms with van der Waals surface area (Å²) in [6, 6.07) is -0.0875. The van der Waals surface area contributed by atoms with Gasteiger partial charge in [-0.3, -0.25) is 10.2 Å². The Kier molecular flexibility index (Phi) is 4.51. The lowest BCUT2D eigenvalue weighted by molar-refractivity contribution is -0.121. The summed E-state index contributed by atoms with van der Waals surface area (Å²) >= 11 is 0. The second-order valence-electron chi connectivity index (χ2n) is 4.28. The average Bonchev–Trinajstić information content (AvgIpc) is 2.95. The Hall–Kier alpha value is -2.16. The van der Waals surface area contributed by atoms with Crippen molar-refractivity contribution in [3.63, 3.8) is 0 Å². The molecule has 1 atom stereocenters. The van der Waals surface area contributed by atoms with Crippen LogP contribution in [0.3, 0.4) is 0 Å². The van der Waals surface area contributed by atoms with Crippen LogP contribution in [0.5, 0.6) is 6.01 Å². The Morgan fingerprint density at radius 3 is 2.95 bits per heavy atom. The molecule has 9 heteroatoms. The lowest BCUT2D eigenvalue weighted by Gasteiger charge is -2.23. The highest BCUT2D eigenvalue weighted by atomic mass is 16.5. The number of hydrogen-bond donors (Lipinski definition) is 3. The van der Waals surface area contributed by atoms with Gasteiger partial charge in [0.15, 0.2) is 0 Å². The van der Waals surface area contributed by atoms with E-state index >= 15 is 0 Å². The lowest BCUT2D eigenvalue weighted by atomic mass is 10.2. The van der Waals surface area contributed by atoms with Gasteiger partial charge in [-0.1, -0.05) is 0 Å². The van der Waals surface area contributed by atoms with Crippen molar-refractivity contribution in [1.29, 1.82) is 0 Å². The second kappa shape index (κ2) is 6.33. The molecule has 1 unspecified atom stereocenters. The third-order valence-electron chi connectivity index (χ3n) is 3.06. The molecule has 1 fully saturated rings. The normalized spacial score (nSPS) is 17.9. The van der Waals surface area contributed by atoms with Crippen molar-refractivity contribution in [3.8, 4) is 6.01 Å². The molecule has 0 aliphatic carbocycles. The van der Waals surface area contributed by atoms with E-state index in [0.717, 1.165) is 12.8 Å². The number of rotatable bonds is 5. The molecule has 2 rings (SSSR count). The molecule has 4 N–H and O–H groups in total. The van der Waals surface area contributed by atoms with Crippen LogP contribution < -0.4 is 26.2 Å². The van der Waals surface area contributed by atoms with Crippen LogP contribution in [-0.4, -0.2) is 47.1 Å². The van der Waals surface area contributed by atoms with Gasteiger partial charge < -0.3 is 15.0 Å². The number of hydrogen-bond acceptors (Lipinski definition) is 8. The van der Waals surface area contributed by atoms with Crippen molar-refractivity contribution in [1.82, 2.24) is 20.3 Å². The van der Waals surface area contributed by atoms with Gasteiger partial charge in [-0.15, -0.1) is 0 Å². The van der Waals surface area contributed by atoms with Crippen molar-refractivity contribution >= 4 is 17.8 Å². The topological polar surface area (TPSA) is 118 Å². The minimum absolute atomic E-state index is 0.0527. The first-order valence-electron chi connectivity index (χ1n) is 6.53. The first-order chi connectivity index (χ1) is 9.69. The fraction of sp³-hybridized carbons (Fsp3) is 0.636. The number of carbonyl (C=O) groups is 1. The molecule has 1 saturated heterocycles. The Bertz CT molecular complexity index is 482. The molecule has 2 heterocycles. The third kappa shape index (κ3) is 2.87. The number of nitrogens with two attached hydrogens (primary N) is 1. The number of nitrogens with zero attached hydrogens (tertiary/aromatic N) is 4. The van der Waals surface area contributed by atoms with Crippen LogP contribution in [0, 0.1) is 0 Å². The zero-order chi connectivity index (χ0) is 14.5. The van der Waals surface area contributed by atoms with E-state index in [9.17, 15) is 4.79 Å². The summed E-state index contributed by atoms with van der Waals surface area (Å²) in [6.45, 7) is 2.98. The Morgan fingerprint density at radius 1 is 1.50 bits per heavy atom. The number of hydrazine groups is 1. The summed E-state index contributed by atoms with van der Waals surface area (Å²) in [6.07, 6.45) is 1.67. The van der Waals surface area contributed by atoms with Crippen molar-refractivity contribution in [2.45, 2.75) is 25.8 Å². The second-order valence-corrected chi connectivity index (χ2v) is 4.28. The van der Waals surface area contributed by atoms with Gasteiger partial charge in [-0.2, -0.15) is 15.0 Å². The van der Waals surface area contributed by atoms with Gasteiger partial charge in [0.1, 0.15) is 6.04 Å². The summed E-state index contributed by atoms with van der Waals surface area (Å²) in [5.41, 5.74) is 2.38. The Balaban J connectivity index is 2.30. The zero-order valence-corrected chi connectivity index (χ0v) is 11.6. The first kappa shape index (κ1) is 14.3. The van der Waals surface area contributed by atoms with Crippen molar-refractivity contribution < 1.29 is 9.53 Å². The fourth-order valence-corrected chi connectivity index (χ4v) is 2.18. The van der Waals surface area contributed by atoms with Gasteiger partial charge in [-0.25, -0.2) is 5.84 Å². The molecule has 20 heavy (non-hydrogen) atoms. The highest BCUT2D eigenvalue weighted by molar-refractivity contribution is 5.85. The minimum atomic E-state index is -0.275. The zero-order valence-electron chi connectivity index (χ0n) is 11.6. The monoisotopic (exact) mass is 281 g/mol. The van der Waals surface area contributed by atoms with Crippen LogP contribution in [-0.2, 0) is 4.79 Å². The molecule has 0 radical (unpaired) electrons. The van der Waals surface area contributed by atoms with Gasteiger partial charge >= 0.3 is 6.01 Å². The number of aromatic nitrogens is 3. The van der Waals surface area contributed by atoms with E-state index in [1.165, 1.54) is 0 Å². The maximum absolute atomic E-state index is 11.9. The van der Waals surface area contributed by atoms with Gasteiger partial charge in [0.05, 0.1) is 6.61 Å². The molecule has 0 spiro atoms. The largest absolute Gasteiger partial charge is 0.464 e. The molecule has 1 aromatic rings. The highest BCUT2D eigenvalue weighted by Gasteiger charge is 2.32. The van der Waals surface area contributed by atoms with Crippen LogP contribution in [0.4, 0.5) is 11.9 Å². The third-order valence-corrected chi connectivity index (χ3v) is 3.06. The van der Waals surface area contributed by atoms with Crippen molar-refractivity contribution in [3.05, 3.63) is 0 Å². The van der Waals surface area contributed by atoms with Crippen molar-refractivity contribution in [2.75, 3.05) is 30.5 Å². The predicted octanol–water partition coefficient (Wildman–Crippen LogP) is -0.729. The molecule has 0 aromatic carbocycles. The number of carbonyl (C=O) groups excluding carboxylic acids is 1. The number of ether oxygens (including phenoxy) is 1. The first-order valence-corrected chi connectivity index (χ1v) is 6.53. The molecule has 0 saturated carbocycles. The predicted molar refractivity (Wildman–Crippen MR) is 73.2 cm³/mol. The number of anilines is 2. The van der Waals surface area contributed by atoms with E-state index in [-0.39, 0.29) is 23.9 Å². The van der Waals surface area contributed by atoms with E-state index in [1.807, 2.05) is 11.8 Å². The molecule has 1 aliphatic rings. The summed E-state index contributed by atoms with van der Waals surface area (Å²) in [7, 11) is 1.62. The number of likely N-dealkylation sites (N-methyl/N-ethyl adjacent to an activating group) is 1. The van der Waals surface area contributed by atoms with Crippen LogP contribution >= 0.6 is 0 Å². The molecule has 9 nitrogen and oxygen atoms in total. The van der Waals surface area contributed by atoms with Crippen LogP contribution in [0.15, 0.2) is 0 Å². The summed E-state index contributed by atoms with van der Waals surface area (Å²) in [4.78, 5) is 26.1. The van der Waals surface area contributed by atoms with E-state index in [0.29, 0.717) is 19.1 Å². The molecular weight excluding hydrogens is 262 g/mol. The molecule has 1 aromatic heterocycles. The molecule has 110 valence electrons. The van der Waals surface area contributed by atoms with Crippen LogP contribution in [0.1, 0.15) is 19.8 Å². The lowest BCUT2D eigenvalue weighted by Crippen LogP contribution is -2.42. The van der Waals surface area contributed by atoms with Gasteiger partial charge in [0.2, 0.25) is 17.8 Å². The summed E-state index contributed by atoms with van der Waals surface area (Å²) in [5, 5.41) is 2.65. The van der Waals surface area contributed by atoms with Crippen molar-refractivity contribution in [2.24, 2.45) is 5.84 Å². The SMILES string of the molecule is CCOc1nc(NN)nc(N2CCCC2C(=O)NC)n1. The number of amides is 1. The molecule has 1 amide bonds. The average molecular weight is 281 g/mol. The highest BCUT2D eigenvalue weighted by Crippen LogP contribution is 2.24. The minimum Gasteiger partial charge on any atom is -0.464 e. The molecule has 1 aliphatic heterocycles. The maximum atomic E-state index is 11.9. The van der Waals surface area contributed by atoms with Gasteiger partial charge in [0, 0.05) is 13.6 Å². The van der Waals surface area contributed by atoms with Crippen LogP contribution in [0.2, 0.25) is 0 Å². The van der Waals surface area contributed by atoms with Gasteiger partial charge in [0.25, 0.3) is 0 Å². The quantitative estimate of drug-likeness (QED) is 0.477. The standard InChI is InChI=1S/C11H19N7O2/c1-3-20-11-15-9(17-12)14-10(16-11)18-6-4-5-7(18)8(19)13-2/h7H,3-6,12H2,1-2H3,(H,13,19)(H,14,15,16,17). The number of nitrogens with one attached hydrogen (secondary N) is 2. The summed E-state index contributed by atoms with van der Waals surface area (Å²) in [5.74, 6) is 5.89. The fourth-order valence-electron chi connectivity index (χ4n) is 2.18. The van der Waals surface area contributed by atoms with E-state index in [1.54, 1.807) is 7.05 Å². The van der Waals surface area contributed by atoms with Gasteiger partial charge in [-0.05, 0) is 19.8 Å². The van der Waals surface area contributed by atoms with E-state index in [2.05, 4.69) is 25.7 Å². The smallest absolute Gasteiger partial charge is 0.323 e. The van der Waals surface area contributed by atoms with E-state index < -0.39 is 0 Å². The Morgan fingerprint density at radius 2 is 2.30 bits per heavy atom.